The van der Waals surface area contributed by atoms with Crippen LogP contribution in [0.15, 0.2) is 46.9 Å². The van der Waals surface area contributed by atoms with Gasteiger partial charge in [0.05, 0.1) is 13.2 Å². The molecule has 0 saturated heterocycles. The summed E-state index contributed by atoms with van der Waals surface area (Å²) in [7, 11) is 5.63. The van der Waals surface area contributed by atoms with E-state index >= 15 is 0 Å². The molecule has 0 fully saturated rings. The predicted octanol–water partition coefficient (Wildman–Crippen LogP) is 4.19. The standard InChI is InChI=1S/C19H24BrN3O2/c1-13-16(20)6-5-7-17(13)22-19(24)21-12-18(23(2)3)14-8-10-15(25-4)11-9-14/h5-11,18H,12H2,1-4H3,(H2,21,22,24). The highest BCUT2D eigenvalue weighted by atomic mass is 79.9. The number of rotatable bonds is 6. The Morgan fingerprint density at radius 1 is 1.20 bits per heavy atom. The highest BCUT2D eigenvalue weighted by Gasteiger charge is 2.16. The first-order valence-corrected chi connectivity index (χ1v) is 8.82. The largest absolute Gasteiger partial charge is 0.497 e. The zero-order valence-electron chi connectivity index (χ0n) is 15.0. The van der Waals surface area contributed by atoms with Gasteiger partial charge in [0.1, 0.15) is 5.75 Å². The Bertz CT molecular complexity index is 717. The minimum absolute atomic E-state index is 0.0697. The Morgan fingerprint density at radius 3 is 2.48 bits per heavy atom. The normalized spacial score (nSPS) is 11.9. The number of ether oxygens (including phenoxy) is 1. The van der Waals surface area contributed by atoms with E-state index in [-0.39, 0.29) is 12.1 Å². The number of halogens is 1. The van der Waals surface area contributed by atoms with Crippen molar-refractivity contribution in [3.8, 4) is 5.75 Å². The number of hydrogen-bond donors (Lipinski definition) is 2. The van der Waals surface area contributed by atoms with Gasteiger partial charge in [-0.15, -0.1) is 0 Å². The van der Waals surface area contributed by atoms with E-state index in [9.17, 15) is 4.79 Å². The van der Waals surface area contributed by atoms with Crippen molar-refractivity contribution in [1.29, 1.82) is 0 Å². The zero-order valence-corrected chi connectivity index (χ0v) is 16.6. The fourth-order valence-electron chi connectivity index (χ4n) is 2.52. The number of anilines is 1. The van der Waals surface area contributed by atoms with Crippen molar-refractivity contribution in [2.45, 2.75) is 13.0 Å². The van der Waals surface area contributed by atoms with Gasteiger partial charge in [0.2, 0.25) is 0 Å². The number of carbonyl (C=O) groups excluding carboxylic acids is 1. The Kier molecular flexibility index (Phi) is 6.84. The molecule has 0 radical (unpaired) electrons. The summed E-state index contributed by atoms with van der Waals surface area (Å²) in [5, 5.41) is 5.84. The van der Waals surface area contributed by atoms with Crippen LogP contribution >= 0.6 is 15.9 Å². The summed E-state index contributed by atoms with van der Waals surface area (Å²) in [5.41, 5.74) is 2.90. The van der Waals surface area contributed by atoms with E-state index in [4.69, 9.17) is 4.74 Å². The Labute approximate surface area is 157 Å². The van der Waals surface area contributed by atoms with Gasteiger partial charge in [0.25, 0.3) is 0 Å². The molecule has 6 heteroatoms. The molecule has 0 aliphatic carbocycles. The summed E-state index contributed by atoms with van der Waals surface area (Å²) in [4.78, 5) is 14.3. The first-order valence-electron chi connectivity index (χ1n) is 8.02. The van der Waals surface area contributed by atoms with Crippen LogP contribution in [-0.4, -0.2) is 38.7 Å². The molecule has 1 atom stereocenters. The second-order valence-corrected chi connectivity index (χ2v) is 6.85. The summed E-state index contributed by atoms with van der Waals surface area (Å²) in [6, 6.07) is 13.5. The fourth-order valence-corrected chi connectivity index (χ4v) is 2.89. The molecule has 134 valence electrons. The lowest BCUT2D eigenvalue weighted by molar-refractivity contribution is 0.243. The van der Waals surface area contributed by atoms with Crippen LogP contribution in [0.2, 0.25) is 0 Å². The number of amides is 2. The van der Waals surface area contributed by atoms with Crippen molar-refractivity contribution in [2.75, 3.05) is 33.1 Å². The van der Waals surface area contributed by atoms with Crippen LogP contribution in [0.4, 0.5) is 10.5 Å². The maximum Gasteiger partial charge on any atom is 0.319 e. The number of methoxy groups -OCH3 is 1. The molecule has 2 aromatic rings. The second-order valence-electron chi connectivity index (χ2n) is 6.00. The maximum atomic E-state index is 12.3. The number of nitrogens with zero attached hydrogens (tertiary/aromatic N) is 1. The van der Waals surface area contributed by atoms with Crippen molar-refractivity contribution in [1.82, 2.24) is 10.2 Å². The predicted molar refractivity (Wildman–Crippen MR) is 105 cm³/mol. The van der Waals surface area contributed by atoms with Gasteiger partial charge in [0, 0.05) is 16.7 Å². The molecule has 2 amide bonds. The molecule has 0 spiro atoms. The van der Waals surface area contributed by atoms with Gasteiger partial charge in [-0.1, -0.05) is 34.1 Å². The minimum atomic E-state index is -0.221. The number of benzene rings is 2. The summed E-state index contributed by atoms with van der Waals surface area (Å²) in [6.07, 6.45) is 0. The van der Waals surface area contributed by atoms with Crippen LogP contribution in [0.1, 0.15) is 17.2 Å². The van der Waals surface area contributed by atoms with Crippen molar-refractivity contribution < 1.29 is 9.53 Å². The van der Waals surface area contributed by atoms with Crippen molar-refractivity contribution >= 4 is 27.6 Å². The van der Waals surface area contributed by atoms with Gasteiger partial charge in [-0.2, -0.15) is 0 Å². The Morgan fingerprint density at radius 2 is 1.88 bits per heavy atom. The number of hydrogen-bond acceptors (Lipinski definition) is 3. The zero-order chi connectivity index (χ0) is 18.4. The number of likely N-dealkylation sites (N-methyl/N-ethyl adjacent to an activating group) is 1. The third kappa shape index (κ3) is 5.21. The van der Waals surface area contributed by atoms with Crippen LogP contribution in [-0.2, 0) is 0 Å². The molecule has 25 heavy (non-hydrogen) atoms. The third-order valence-corrected chi connectivity index (χ3v) is 4.95. The maximum absolute atomic E-state index is 12.3. The third-order valence-electron chi connectivity index (χ3n) is 4.10. The average molecular weight is 406 g/mol. The quantitative estimate of drug-likeness (QED) is 0.757. The number of urea groups is 1. The van der Waals surface area contributed by atoms with Crippen LogP contribution in [0.5, 0.6) is 5.75 Å². The van der Waals surface area contributed by atoms with Gasteiger partial charge in [0.15, 0.2) is 0 Å². The van der Waals surface area contributed by atoms with Crippen LogP contribution in [0, 0.1) is 6.92 Å². The van der Waals surface area contributed by atoms with Gasteiger partial charge in [-0.05, 0) is 56.4 Å². The van der Waals surface area contributed by atoms with E-state index in [2.05, 4.69) is 31.5 Å². The van der Waals surface area contributed by atoms with Crippen molar-refractivity contribution in [3.05, 3.63) is 58.1 Å². The Hall–Kier alpha value is -2.05. The molecule has 0 bridgehead atoms. The topological polar surface area (TPSA) is 53.6 Å². The molecule has 2 N–H and O–H groups in total. The summed E-state index contributed by atoms with van der Waals surface area (Å²) in [6.45, 7) is 2.46. The molecule has 0 aliphatic rings. The molecule has 0 saturated carbocycles. The molecule has 0 aromatic heterocycles. The summed E-state index contributed by atoms with van der Waals surface area (Å²) < 4.78 is 6.16. The summed E-state index contributed by atoms with van der Waals surface area (Å²) >= 11 is 3.47. The highest BCUT2D eigenvalue weighted by Crippen LogP contribution is 2.24. The monoisotopic (exact) mass is 405 g/mol. The van der Waals surface area contributed by atoms with Crippen molar-refractivity contribution in [2.24, 2.45) is 0 Å². The smallest absolute Gasteiger partial charge is 0.319 e. The second kappa shape index (κ2) is 8.87. The van der Waals surface area contributed by atoms with E-state index in [1.165, 1.54) is 0 Å². The molecular weight excluding hydrogens is 382 g/mol. The fraction of sp³-hybridized carbons (Fsp3) is 0.316. The SMILES string of the molecule is COc1ccc(C(CNC(=O)Nc2cccc(Br)c2C)N(C)C)cc1. The van der Waals surface area contributed by atoms with Gasteiger partial charge in [-0.3, -0.25) is 0 Å². The average Bonchev–Trinajstić information content (AvgIpc) is 2.59. The molecule has 0 aliphatic heterocycles. The highest BCUT2D eigenvalue weighted by molar-refractivity contribution is 9.10. The van der Waals surface area contributed by atoms with Crippen LogP contribution in [0.3, 0.4) is 0 Å². The van der Waals surface area contributed by atoms with E-state index in [1.54, 1.807) is 7.11 Å². The number of carbonyl (C=O) groups is 1. The summed E-state index contributed by atoms with van der Waals surface area (Å²) in [5.74, 6) is 0.817. The first-order chi connectivity index (χ1) is 11.9. The molecule has 2 aromatic carbocycles. The van der Waals surface area contributed by atoms with E-state index in [0.29, 0.717) is 6.54 Å². The lowest BCUT2D eigenvalue weighted by Crippen LogP contribution is -2.37. The van der Waals surface area contributed by atoms with Crippen LogP contribution < -0.4 is 15.4 Å². The number of nitrogens with one attached hydrogen (secondary N) is 2. The molecular formula is C19H24BrN3O2. The van der Waals surface area contributed by atoms with E-state index < -0.39 is 0 Å². The first kappa shape index (κ1) is 19.3. The minimum Gasteiger partial charge on any atom is -0.497 e. The van der Waals surface area contributed by atoms with Gasteiger partial charge >= 0.3 is 6.03 Å². The molecule has 2 rings (SSSR count). The van der Waals surface area contributed by atoms with Gasteiger partial charge in [-0.25, -0.2) is 4.79 Å². The lowest BCUT2D eigenvalue weighted by Gasteiger charge is -2.25. The lowest BCUT2D eigenvalue weighted by atomic mass is 10.1. The molecule has 0 heterocycles. The van der Waals surface area contributed by atoms with E-state index in [1.807, 2.05) is 63.5 Å². The van der Waals surface area contributed by atoms with Crippen molar-refractivity contribution in [3.63, 3.8) is 0 Å². The van der Waals surface area contributed by atoms with Gasteiger partial charge < -0.3 is 20.3 Å². The molecule has 5 nitrogen and oxygen atoms in total. The van der Waals surface area contributed by atoms with Crippen LogP contribution in [0.25, 0.3) is 0 Å². The molecule has 1 unspecified atom stereocenters. The Balaban J connectivity index is 2.00. The van der Waals surface area contributed by atoms with E-state index in [0.717, 1.165) is 27.0 Å².